The Kier molecular flexibility index (Phi) is 5.16. The number of hydrogen-bond donors (Lipinski definition) is 0. The van der Waals surface area contributed by atoms with Crippen LogP contribution in [0.25, 0.3) is 0 Å². The van der Waals surface area contributed by atoms with Crippen LogP contribution in [0.4, 0.5) is 0 Å². The molecule has 0 spiro atoms. The van der Waals surface area contributed by atoms with E-state index in [1.165, 1.54) is 16.2 Å². The zero-order valence-electron chi connectivity index (χ0n) is 8.92. The van der Waals surface area contributed by atoms with E-state index in [9.17, 15) is 9.59 Å². The average molecular weight is 232 g/mol. The Bertz CT molecular complexity index is 446. The molecule has 1 heterocycles. The molecule has 16 heavy (non-hydrogen) atoms. The number of hydrogen-bond acceptors (Lipinski definition) is 3. The summed E-state index contributed by atoms with van der Waals surface area (Å²) in [5.74, 6) is 0. The summed E-state index contributed by atoms with van der Waals surface area (Å²) in [6.07, 6.45) is 1.71. The lowest BCUT2D eigenvalue weighted by Gasteiger charge is -1.81. The molecule has 2 rings (SSSR count). The Balaban J connectivity index is 0.000000160. The monoisotopic (exact) mass is 232 g/mol. The quantitative estimate of drug-likeness (QED) is 0.744. The van der Waals surface area contributed by atoms with E-state index in [1.54, 1.807) is 12.1 Å². The van der Waals surface area contributed by atoms with E-state index in [0.717, 1.165) is 23.0 Å². The average Bonchev–Trinajstić information content (AvgIpc) is 2.77. The minimum Gasteiger partial charge on any atom is -0.298 e. The summed E-state index contributed by atoms with van der Waals surface area (Å²) in [6, 6.07) is 12.9. The molecule has 1 aromatic heterocycles. The van der Waals surface area contributed by atoms with Gasteiger partial charge in [0.1, 0.15) is 6.29 Å². The maximum Gasteiger partial charge on any atom is 0.160 e. The van der Waals surface area contributed by atoms with Crippen molar-refractivity contribution in [3.63, 3.8) is 0 Å². The van der Waals surface area contributed by atoms with E-state index in [1.807, 2.05) is 37.3 Å². The standard InChI is InChI=1S/C7H6O.C6H6OS/c8-6-7-4-2-1-3-5-7;1-5-2-3-6(4-7)8-5/h1-6H;2-4H,1H3. The van der Waals surface area contributed by atoms with Gasteiger partial charge in [-0.25, -0.2) is 0 Å². The molecule has 0 saturated heterocycles. The van der Waals surface area contributed by atoms with Gasteiger partial charge in [0.25, 0.3) is 0 Å². The van der Waals surface area contributed by atoms with Crippen molar-refractivity contribution in [3.05, 3.63) is 57.8 Å². The van der Waals surface area contributed by atoms with Gasteiger partial charge in [-0.1, -0.05) is 30.3 Å². The molecule has 2 nitrogen and oxygen atoms in total. The number of thiophene rings is 1. The summed E-state index contributed by atoms with van der Waals surface area (Å²) in [5, 5.41) is 0. The Labute approximate surface area is 98.6 Å². The number of aryl methyl sites for hydroxylation is 1. The van der Waals surface area contributed by atoms with Gasteiger partial charge < -0.3 is 0 Å². The van der Waals surface area contributed by atoms with Crippen LogP contribution in [0.1, 0.15) is 24.9 Å². The van der Waals surface area contributed by atoms with Gasteiger partial charge in [0.05, 0.1) is 4.88 Å². The van der Waals surface area contributed by atoms with Crippen LogP contribution >= 0.6 is 11.3 Å². The third kappa shape index (κ3) is 4.19. The second-order valence-corrected chi connectivity index (χ2v) is 4.41. The first-order chi connectivity index (χ1) is 7.76. The Morgan fingerprint density at radius 2 is 1.62 bits per heavy atom. The number of benzene rings is 1. The zero-order valence-corrected chi connectivity index (χ0v) is 9.74. The van der Waals surface area contributed by atoms with Crippen LogP contribution in [0.3, 0.4) is 0 Å². The van der Waals surface area contributed by atoms with E-state index in [0.29, 0.717) is 0 Å². The molecule has 0 bridgehead atoms. The molecule has 0 amide bonds. The van der Waals surface area contributed by atoms with Crippen molar-refractivity contribution in [1.82, 2.24) is 0 Å². The number of carbonyl (C=O) groups excluding carboxylic acids is 2. The zero-order chi connectivity index (χ0) is 11.8. The minimum absolute atomic E-state index is 0.729. The Hall–Kier alpha value is -1.74. The SMILES string of the molecule is Cc1ccc(C=O)s1.O=Cc1ccccc1. The molecule has 82 valence electrons. The van der Waals surface area contributed by atoms with Crippen LogP contribution in [0.5, 0.6) is 0 Å². The molecule has 0 radical (unpaired) electrons. The van der Waals surface area contributed by atoms with Crippen molar-refractivity contribution < 1.29 is 9.59 Å². The van der Waals surface area contributed by atoms with Crippen LogP contribution in [-0.2, 0) is 0 Å². The molecule has 0 aliphatic rings. The summed E-state index contributed by atoms with van der Waals surface area (Å²) < 4.78 is 0. The lowest BCUT2D eigenvalue weighted by atomic mass is 10.2. The number of carbonyl (C=O) groups is 2. The fourth-order valence-electron chi connectivity index (χ4n) is 1.05. The van der Waals surface area contributed by atoms with Gasteiger partial charge >= 0.3 is 0 Å². The van der Waals surface area contributed by atoms with E-state index in [2.05, 4.69) is 0 Å². The molecule has 0 aliphatic heterocycles. The highest BCUT2D eigenvalue weighted by molar-refractivity contribution is 7.13. The largest absolute Gasteiger partial charge is 0.298 e. The summed E-state index contributed by atoms with van der Waals surface area (Å²) in [6.45, 7) is 1.98. The van der Waals surface area contributed by atoms with Crippen LogP contribution in [0.2, 0.25) is 0 Å². The molecule has 1 aromatic carbocycles. The molecule has 0 atom stereocenters. The molecular formula is C13H12O2S. The van der Waals surface area contributed by atoms with E-state index >= 15 is 0 Å². The molecule has 3 heteroatoms. The Morgan fingerprint density at radius 1 is 0.938 bits per heavy atom. The third-order valence-corrected chi connectivity index (χ3v) is 2.74. The summed E-state index contributed by atoms with van der Waals surface area (Å²) in [7, 11) is 0. The smallest absolute Gasteiger partial charge is 0.160 e. The fourth-order valence-corrected chi connectivity index (χ4v) is 1.74. The molecule has 2 aromatic rings. The maximum absolute atomic E-state index is 10.0. The van der Waals surface area contributed by atoms with Gasteiger partial charge in [0.2, 0.25) is 0 Å². The molecule has 0 N–H and O–H groups in total. The van der Waals surface area contributed by atoms with E-state index < -0.39 is 0 Å². The molecule has 0 fully saturated rings. The summed E-state index contributed by atoms with van der Waals surface area (Å²) in [5.41, 5.74) is 0.729. The fraction of sp³-hybridized carbons (Fsp3) is 0.0769. The van der Waals surface area contributed by atoms with Gasteiger partial charge in [-0.3, -0.25) is 9.59 Å². The third-order valence-electron chi connectivity index (χ3n) is 1.81. The molecular weight excluding hydrogens is 220 g/mol. The van der Waals surface area contributed by atoms with Gasteiger partial charge in [-0.15, -0.1) is 11.3 Å². The van der Waals surface area contributed by atoms with E-state index in [4.69, 9.17) is 0 Å². The second kappa shape index (κ2) is 6.69. The van der Waals surface area contributed by atoms with Crippen LogP contribution in [0.15, 0.2) is 42.5 Å². The lowest BCUT2D eigenvalue weighted by Crippen LogP contribution is -1.73. The van der Waals surface area contributed by atoms with Gasteiger partial charge in [0, 0.05) is 10.4 Å². The van der Waals surface area contributed by atoms with Crippen LogP contribution < -0.4 is 0 Å². The predicted octanol–water partition coefficient (Wildman–Crippen LogP) is 3.37. The van der Waals surface area contributed by atoms with Gasteiger partial charge in [0.15, 0.2) is 6.29 Å². The van der Waals surface area contributed by atoms with Crippen LogP contribution in [0, 0.1) is 6.92 Å². The number of aldehydes is 2. The first kappa shape index (κ1) is 12.3. The topological polar surface area (TPSA) is 34.1 Å². The normalized spacial score (nSPS) is 8.81. The van der Waals surface area contributed by atoms with Gasteiger partial charge in [-0.05, 0) is 19.1 Å². The maximum atomic E-state index is 10.0. The Morgan fingerprint density at radius 3 is 1.94 bits per heavy atom. The number of rotatable bonds is 2. The van der Waals surface area contributed by atoms with Crippen molar-refractivity contribution in [1.29, 1.82) is 0 Å². The summed E-state index contributed by atoms with van der Waals surface area (Å²) in [4.78, 5) is 22.0. The van der Waals surface area contributed by atoms with E-state index in [-0.39, 0.29) is 0 Å². The minimum atomic E-state index is 0.729. The first-order valence-electron chi connectivity index (χ1n) is 4.78. The van der Waals surface area contributed by atoms with Crippen LogP contribution in [-0.4, -0.2) is 12.6 Å². The predicted molar refractivity (Wildman–Crippen MR) is 66.3 cm³/mol. The summed E-state index contributed by atoms with van der Waals surface area (Å²) >= 11 is 1.52. The molecule has 0 aliphatic carbocycles. The molecule has 0 saturated carbocycles. The second-order valence-electron chi connectivity index (χ2n) is 3.09. The van der Waals surface area contributed by atoms with Crippen molar-refractivity contribution in [2.45, 2.75) is 6.92 Å². The lowest BCUT2D eigenvalue weighted by molar-refractivity contribution is 0.111. The van der Waals surface area contributed by atoms with Crippen molar-refractivity contribution >= 4 is 23.9 Å². The van der Waals surface area contributed by atoms with Crippen molar-refractivity contribution in [3.8, 4) is 0 Å². The van der Waals surface area contributed by atoms with Crippen molar-refractivity contribution in [2.75, 3.05) is 0 Å². The highest BCUT2D eigenvalue weighted by atomic mass is 32.1. The van der Waals surface area contributed by atoms with Crippen molar-refractivity contribution in [2.24, 2.45) is 0 Å². The first-order valence-corrected chi connectivity index (χ1v) is 5.59. The molecule has 0 unspecified atom stereocenters. The highest BCUT2D eigenvalue weighted by Crippen LogP contribution is 2.11. The highest BCUT2D eigenvalue weighted by Gasteiger charge is 1.90. The van der Waals surface area contributed by atoms with Gasteiger partial charge in [-0.2, -0.15) is 0 Å².